The van der Waals surface area contributed by atoms with Gasteiger partial charge in [-0.05, 0) is 39.3 Å². The van der Waals surface area contributed by atoms with Crippen molar-refractivity contribution in [2.24, 2.45) is 5.73 Å². The molecular weight excluding hydrogens is 218 g/mol. The molecule has 2 unspecified atom stereocenters. The minimum absolute atomic E-state index is 0.455. The lowest BCUT2D eigenvalue weighted by molar-refractivity contribution is 0.0982. The number of nitrogens with zero attached hydrogens (tertiary/aromatic N) is 2. The summed E-state index contributed by atoms with van der Waals surface area (Å²) in [5.41, 5.74) is 5.70. The van der Waals surface area contributed by atoms with Crippen molar-refractivity contribution in [1.82, 2.24) is 9.88 Å². The highest BCUT2D eigenvalue weighted by molar-refractivity contribution is 7.09. The normalized spacial score (nSPS) is 24.5. The van der Waals surface area contributed by atoms with Crippen molar-refractivity contribution in [3.63, 3.8) is 0 Å². The van der Waals surface area contributed by atoms with Gasteiger partial charge in [0.25, 0.3) is 0 Å². The Morgan fingerprint density at radius 2 is 2.50 bits per heavy atom. The Labute approximate surface area is 102 Å². The van der Waals surface area contributed by atoms with Gasteiger partial charge in [0.15, 0.2) is 0 Å². The molecule has 2 N–H and O–H groups in total. The van der Waals surface area contributed by atoms with Crippen LogP contribution in [-0.2, 0) is 0 Å². The van der Waals surface area contributed by atoms with Gasteiger partial charge in [-0.1, -0.05) is 6.42 Å². The standard InChI is InChI=1S/C12H21N3S/c1-10(12-14-7-9-16-12)15-8-3-2-4-11(15)5-6-13/h7,9-11H,2-6,8,13H2,1H3. The van der Waals surface area contributed by atoms with E-state index in [0.717, 1.165) is 13.0 Å². The third-order valence-electron chi connectivity index (χ3n) is 3.48. The van der Waals surface area contributed by atoms with Gasteiger partial charge in [0.2, 0.25) is 0 Å². The second-order valence-corrected chi connectivity index (χ2v) is 5.44. The van der Waals surface area contributed by atoms with Gasteiger partial charge in [-0.25, -0.2) is 4.98 Å². The largest absolute Gasteiger partial charge is 0.330 e. The summed E-state index contributed by atoms with van der Waals surface area (Å²) in [6.45, 7) is 4.27. The van der Waals surface area contributed by atoms with Crippen molar-refractivity contribution in [2.45, 2.75) is 44.7 Å². The molecule has 4 heteroatoms. The zero-order valence-electron chi connectivity index (χ0n) is 9.93. The van der Waals surface area contributed by atoms with Crippen LogP contribution in [0.25, 0.3) is 0 Å². The molecule has 0 bridgehead atoms. The summed E-state index contributed by atoms with van der Waals surface area (Å²) >= 11 is 1.76. The number of hydrogen-bond donors (Lipinski definition) is 1. The van der Waals surface area contributed by atoms with Gasteiger partial charge in [-0.15, -0.1) is 11.3 Å². The number of piperidine rings is 1. The first-order valence-electron chi connectivity index (χ1n) is 6.18. The lowest BCUT2D eigenvalue weighted by Gasteiger charge is -2.39. The van der Waals surface area contributed by atoms with E-state index in [2.05, 4.69) is 22.2 Å². The summed E-state index contributed by atoms with van der Waals surface area (Å²) in [5.74, 6) is 0. The van der Waals surface area contributed by atoms with E-state index in [0.29, 0.717) is 12.1 Å². The van der Waals surface area contributed by atoms with Gasteiger partial charge in [0.1, 0.15) is 5.01 Å². The average Bonchev–Trinajstić information content (AvgIpc) is 2.83. The molecule has 16 heavy (non-hydrogen) atoms. The molecule has 0 spiro atoms. The molecule has 1 saturated heterocycles. The monoisotopic (exact) mass is 239 g/mol. The van der Waals surface area contributed by atoms with Crippen molar-refractivity contribution in [3.05, 3.63) is 16.6 Å². The maximum Gasteiger partial charge on any atom is 0.109 e. The Kier molecular flexibility index (Phi) is 4.32. The Morgan fingerprint density at radius 3 is 3.19 bits per heavy atom. The molecule has 0 amide bonds. The van der Waals surface area contributed by atoms with Gasteiger partial charge in [-0.3, -0.25) is 4.90 Å². The van der Waals surface area contributed by atoms with Gasteiger partial charge in [0.05, 0.1) is 6.04 Å². The smallest absolute Gasteiger partial charge is 0.109 e. The van der Waals surface area contributed by atoms with Crippen molar-refractivity contribution in [1.29, 1.82) is 0 Å². The highest BCUT2D eigenvalue weighted by Gasteiger charge is 2.27. The molecule has 0 aromatic carbocycles. The van der Waals surface area contributed by atoms with Gasteiger partial charge in [-0.2, -0.15) is 0 Å². The Bertz CT molecular complexity index is 297. The first kappa shape index (κ1) is 12.0. The van der Waals surface area contributed by atoms with Crippen molar-refractivity contribution >= 4 is 11.3 Å². The number of nitrogens with two attached hydrogens (primary N) is 1. The van der Waals surface area contributed by atoms with Gasteiger partial charge >= 0.3 is 0 Å². The summed E-state index contributed by atoms with van der Waals surface area (Å²) < 4.78 is 0. The SMILES string of the molecule is CC(c1nccs1)N1CCCCC1CCN. The van der Waals surface area contributed by atoms with Crippen LogP contribution in [-0.4, -0.2) is 29.0 Å². The molecule has 1 aliphatic rings. The molecule has 1 aromatic rings. The predicted molar refractivity (Wildman–Crippen MR) is 68.5 cm³/mol. The van der Waals surface area contributed by atoms with E-state index >= 15 is 0 Å². The third-order valence-corrected chi connectivity index (χ3v) is 4.42. The summed E-state index contributed by atoms with van der Waals surface area (Å²) in [5, 5.41) is 3.30. The minimum Gasteiger partial charge on any atom is -0.330 e. The summed E-state index contributed by atoms with van der Waals surface area (Å²) in [4.78, 5) is 7.02. The molecule has 0 radical (unpaired) electrons. The molecule has 1 fully saturated rings. The first-order chi connectivity index (χ1) is 7.83. The van der Waals surface area contributed by atoms with Crippen LogP contribution in [0, 0.1) is 0 Å². The number of likely N-dealkylation sites (tertiary alicyclic amines) is 1. The van der Waals surface area contributed by atoms with E-state index in [1.165, 1.54) is 30.8 Å². The molecule has 2 rings (SSSR count). The Balaban J connectivity index is 2.04. The number of thiazole rings is 1. The molecule has 3 nitrogen and oxygen atoms in total. The summed E-state index contributed by atoms with van der Waals surface area (Å²) in [6.07, 6.45) is 6.99. The minimum atomic E-state index is 0.455. The quantitative estimate of drug-likeness (QED) is 0.877. The molecule has 1 aromatic heterocycles. The van der Waals surface area contributed by atoms with Crippen molar-refractivity contribution in [3.8, 4) is 0 Å². The number of hydrogen-bond acceptors (Lipinski definition) is 4. The fraction of sp³-hybridized carbons (Fsp3) is 0.750. The zero-order chi connectivity index (χ0) is 11.4. The molecule has 90 valence electrons. The number of aromatic nitrogens is 1. The average molecular weight is 239 g/mol. The van der Waals surface area contributed by atoms with Crippen LogP contribution in [0.3, 0.4) is 0 Å². The molecular formula is C12H21N3S. The highest BCUT2D eigenvalue weighted by atomic mass is 32.1. The maximum absolute atomic E-state index is 5.70. The molecule has 1 aliphatic heterocycles. The van der Waals surface area contributed by atoms with E-state index in [-0.39, 0.29) is 0 Å². The van der Waals surface area contributed by atoms with Gasteiger partial charge in [0, 0.05) is 17.6 Å². The van der Waals surface area contributed by atoms with Crippen LogP contribution in [0.5, 0.6) is 0 Å². The second-order valence-electron chi connectivity index (χ2n) is 4.51. The lowest BCUT2D eigenvalue weighted by Crippen LogP contribution is -2.42. The molecule has 2 atom stereocenters. The number of rotatable bonds is 4. The molecule has 2 heterocycles. The van der Waals surface area contributed by atoms with E-state index in [1.54, 1.807) is 11.3 Å². The third kappa shape index (κ3) is 2.62. The van der Waals surface area contributed by atoms with Crippen LogP contribution in [0.1, 0.15) is 43.7 Å². The van der Waals surface area contributed by atoms with Crippen LogP contribution in [0.4, 0.5) is 0 Å². The highest BCUT2D eigenvalue weighted by Crippen LogP contribution is 2.30. The van der Waals surface area contributed by atoms with Crippen LogP contribution >= 0.6 is 11.3 Å². The van der Waals surface area contributed by atoms with E-state index < -0.39 is 0 Å². The maximum atomic E-state index is 5.70. The van der Waals surface area contributed by atoms with E-state index in [1.807, 2.05) is 6.20 Å². The fourth-order valence-corrected chi connectivity index (χ4v) is 3.33. The fourth-order valence-electron chi connectivity index (χ4n) is 2.62. The van der Waals surface area contributed by atoms with Crippen molar-refractivity contribution < 1.29 is 0 Å². The molecule has 0 saturated carbocycles. The van der Waals surface area contributed by atoms with Crippen molar-refractivity contribution in [2.75, 3.05) is 13.1 Å². The van der Waals surface area contributed by atoms with Gasteiger partial charge < -0.3 is 5.73 Å². The Hall–Kier alpha value is -0.450. The van der Waals surface area contributed by atoms with Crippen LogP contribution < -0.4 is 5.73 Å². The molecule has 0 aliphatic carbocycles. The second kappa shape index (κ2) is 5.75. The predicted octanol–water partition coefficient (Wildman–Crippen LogP) is 2.41. The summed E-state index contributed by atoms with van der Waals surface area (Å²) in [7, 11) is 0. The van der Waals surface area contributed by atoms with Crippen LogP contribution in [0.2, 0.25) is 0 Å². The van der Waals surface area contributed by atoms with E-state index in [9.17, 15) is 0 Å². The van der Waals surface area contributed by atoms with Crippen LogP contribution in [0.15, 0.2) is 11.6 Å². The Morgan fingerprint density at radius 1 is 1.62 bits per heavy atom. The zero-order valence-corrected chi connectivity index (χ0v) is 10.7. The first-order valence-corrected chi connectivity index (χ1v) is 7.06. The topological polar surface area (TPSA) is 42.2 Å². The van der Waals surface area contributed by atoms with E-state index in [4.69, 9.17) is 5.73 Å². The lowest BCUT2D eigenvalue weighted by atomic mass is 9.97. The summed E-state index contributed by atoms with van der Waals surface area (Å²) in [6, 6.07) is 1.12.